The summed E-state index contributed by atoms with van der Waals surface area (Å²) in [6.45, 7) is 2.57. The molecule has 114 valence electrons. The van der Waals surface area contributed by atoms with Crippen LogP contribution in [0, 0.1) is 18.3 Å². The van der Waals surface area contributed by atoms with Gasteiger partial charge in [0.15, 0.2) is 11.5 Å². The van der Waals surface area contributed by atoms with Gasteiger partial charge in [0.05, 0.1) is 12.7 Å². The second-order valence-electron chi connectivity index (χ2n) is 4.56. The van der Waals surface area contributed by atoms with Crippen molar-refractivity contribution >= 4 is 11.6 Å². The number of rotatable bonds is 6. The largest absolute Gasteiger partial charge is 0.493 e. The third-order valence-electron chi connectivity index (χ3n) is 3.05. The zero-order chi connectivity index (χ0) is 15.9. The van der Waals surface area contributed by atoms with Crippen molar-refractivity contribution in [1.29, 1.82) is 5.26 Å². The van der Waals surface area contributed by atoms with Crippen LogP contribution >= 0.6 is 11.6 Å². The second-order valence-corrected chi connectivity index (χ2v) is 4.96. The van der Waals surface area contributed by atoms with E-state index in [1.54, 1.807) is 30.3 Å². The Kier molecular flexibility index (Phi) is 5.51. The van der Waals surface area contributed by atoms with Gasteiger partial charge in [-0.1, -0.05) is 17.7 Å². The molecule has 0 N–H and O–H groups in total. The number of nitriles is 1. The van der Waals surface area contributed by atoms with Crippen LogP contribution in [0.5, 0.6) is 17.2 Å². The molecule has 0 aliphatic heterocycles. The van der Waals surface area contributed by atoms with Crippen molar-refractivity contribution in [1.82, 2.24) is 0 Å². The summed E-state index contributed by atoms with van der Waals surface area (Å²) in [7, 11) is 1.54. The zero-order valence-electron chi connectivity index (χ0n) is 12.4. The smallest absolute Gasteiger partial charge is 0.179 e. The summed E-state index contributed by atoms with van der Waals surface area (Å²) in [4.78, 5) is 0. The molecular weight excluding hydrogens is 302 g/mol. The van der Waals surface area contributed by atoms with Crippen LogP contribution in [-0.4, -0.2) is 20.3 Å². The molecule has 0 aromatic heterocycles. The van der Waals surface area contributed by atoms with Crippen molar-refractivity contribution in [2.75, 3.05) is 20.3 Å². The fourth-order valence-corrected chi connectivity index (χ4v) is 2.04. The summed E-state index contributed by atoms with van der Waals surface area (Å²) < 4.78 is 16.4. The fraction of sp³-hybridized carbons (Fsp3) is 0.235. The first kappa shape index (κ1) is 16.0. The molecule has 0 saturated carbocycles. The maximum Gasteiger partial charge on any atom is 0.179 e. The molecule has 0 aliphatic carbocycles. The van der Waals surface area contributed by atoms with E-state index in [0.717, 1.165) is 11.3 Å². The highest BCUT2D eigenvalue weighted by molar-refractivity contribution is 6.31. The van der Waals surface area contributed by atoms with Crippen LogP contribution in [0.1, 0.15) is 11.1 Å². The van der Waals surface area contributed by atoms with Gasteiger partial charge in [-0.25, -0.2) is 0 Å². The van der Waals surface area contributed by atoms with Gasteiger partial charge in [0, 0.05) is 5.02 Å². The molecule has 22 heavy (non-hydrogen) atoms. The van der Waals surface area contributed by atoms with Gasteiger partial charge >= 0.3 is 0 Å². The molecule has 4 nitrogen and oxygen atoms in total. The van der Waals surface area contributed by atoms with Crippen LogP contribution in [-0.2, 0) is 0 Å². The minimum atomic E-state index is 0.302. The molecule has 5 heteroatoms. The lowest BCUT2D eigenvalue weighted by Gasteiger charge is -2.12. The van der Waals surface area contributed by atoms with Crippen molar-refractivity contribution < 1.29 is 14.2 Å². The highest BCUT2D eigenvalue weighted by Crippen LogP contribution is 2.30. The first-order valence-corrected chi connectivity index (χ1v) is 7.12. The van der Waals surface area contributed by atoms with Gasteiger partial charge < -0.3 is 14.2 Å². The number of aryl methyl sites for hydroxylation is 1. The molecule has 0 unspecified atom stereocenters. The molecule has 0 radical (unpaired) electrons. The molecular formula is C17H16ClNO3. The average molecular weight is 318 g/mol. The summed E-state index contributed by atoms with van der Waals surface area (Å²) in [6, 6.07) is 12.7. The zero-order valence-corrected chi connectivity index (χ0v) is 13.2. The van der Waals surface area contributed by atoms with E-state index in [4.69, 9.17) is 31.1 Å². The topological polar surface area (TPSA) is 51.5 Å². The van der Waals surface area contributed by atoms with E-state index in [1.807, 2.05) is 13.0 Å². The van der Waals surface area contributed by atoms with Crippen molar-refractivity contribution in [2.24, 2.45) is 0 Å². The lowest BCUT2D eigenvalue weighted by molar-refractivity contribution is 0.211. The quantitative estimate of drug-likeness (QED) is 0.756. The number of ether oxygens (including phenoxy) is 3. The Bertz CT molecular complexity index is 695. The predicted molar refractivity (Wildman–Crippen MR) is 84.9 cm³/mol. The maximum atomic E-state index is 9.10. The molecule has 0 heterocycles. The van der Waals surface area contributed by atoms with Gasteiger partial charge in [0.2, 0.25) is 0 Å². The number of benzene rings is 2. The first-order chi connectivity index (χ1) is 10.7. The molecule has 2 rings (SSSR count). The Hall–Kier alpha value is -2.38. The number of methoxy groups -OCH3 is 1. The van der Waals surface area contributed by atoms with Gasteiger partial charge in [-0.2, -0.15) is 5.26 Å². The Morgan fingerprint density at radius 1 is 1.14 bits per heavy atom. The Labute approximate surface area is 134 Å². The number of para-hydroxylation sites is 1. The third kappa shape index (κ3) is 3.84. The predicted octanol–water partition coefficient (Wildman–Crippen LogP) is 3.99. The van der Waals surface area contributed by atoms with E-state index in [9.17, 15) is 0 Å². The Morgan fingerprint density at radius 3 is 2.59 bits per heavy atom. The van der Waals surface area contributed by atoms with E-state index in [0.29, 0.717) is 35.3 Å². The Morgan fingerprint density at radius 2 is 1.91 bits per heavy atom. The molecule has 0 amide bonds. The van der Waals surface area contributed by atoms with Gasteiger partial charge in [-0.05, 0) is 42.8 Å². The highest BCUT2D eigenvalue weighted by Gasteiger charge is 2.10. The summed E-state index contributed by atoms with van der Waals surface area (Å²) in [6.07, 6.45) is 0. The van der Waals surface area contributed by atoms with Crippen LogP contribution in [0.15, 0.2) is 36.4 Å². The monoisotopic (exact) mass is 317 g/mol. The molecule has 0 fully saturated rings. The summed E-state index contributed by atoms with van der Waals surface area (Å²) in [5.41, 5.74) is 1.39. The number of halogens is 1. The summed E-state index contributed by atoms with van der Waals surface area (Å²) >= 11 is 5.96. The molecule has 0 atom stereocenters. The fourth-order valence-electron chi connectivity index (χ4n) is 1.92. The number of nitrogens with zero attached hydrogens (tertiary/aromatic N) is 1. The lowest BCUT2D eigenvalue weighted by Crippen LogP contribution is -2.10. The first-order valence-electron chi connectivity index (χ1n) is 6.74. The van der Waals surface area contributed by atoms with Crippen molar-refractivity contribution in [3.8, 4) is 23.3 Å². The van der Waals surface area contributed by atoms with Crippen molar-refractivity contribution in [2.45, 2.75) is 6.92 Å². The lowest BCUT2D eigenvalue weighted by atomic mass is 10.2. The molecule has 0 bridgehead atoms. The van der Waals surface area contributed by atoms with Gasteiger partial charge in [-0.15, -0.1) is 0 Å². The van der Waals surface area contributed by atoms with E-state index in [1.165, 1.54) is 7.11 Å². The maximum absolute atomic E-state index is 9.10. The number of hydrogen-bond donors (Lipinski definition) is 0. The van der Waals surface area contributed by atoms with E-state index < -0.39 is 0 Å². The van der Waals surface area contributed by atoms with Crippen LogP contribution in [0.3, 0.4) is 0 Å². The standard InChI is InChI=1S/C17H16ClNO3/c1-12-10-14(6-7-15(12)18)21-8-9-22-17-13(11-19)4-3-5-16(17)20-2/h3-7,10H,8-9H2,1-2H3. The second kappa shape index (κ2) is 7.58. The van der Waals surface area contributed by atoms with Gasteiger partial charge in [0.25, 0.3) is 0 Å². The van der Waals surface area contributed by atoms with Crippen LogP contribution in [0.4, 0.5) is 0 Å². The summed E-state index contributed by atoms with van der Waals surface area (Å²) in [5, 5.41) is 9.81. The van der Waals surface area contributed by atoms with Crippen LogP contribution in [0.25, 0.3) is 0 Å². The third-order valence-corrected chi connectivity index (χ3v) is 3.47. The summed E-state index contributed by atoms with van der Waals surface area (Å²) in [5.74, 6) is 1.69. The normalized spacial score (nSPS) is 9.91. The van der Waals surface area contributed by atoms with Crippen molar-refractivity contribution in [3.63, 3.8) is 0 Å². The molecule has 0 aliphatic rings. The van der Waals surface area contributed by atoms with Crippen molar-refractivity contribution in [3.05, 3.63) is 52.5 Å². The molecule has 2 aromatic carbocycles. The minimum absolute atomic E-state index is 0.302. The molecule has 2 aromatic rings. The van der Waals surface area contributed by atoms with Crippen LogP contribution < -0.4 is 14.2 Å². The SMILES string of the molecule is COc1cccc(C#N)c1OCCOc1ccc(Cl)c(C)c1. The number of hydrogen-bond acceptors (Lipinski definition) is 4. The minimum Gasteiger partial charge on any atom is -0.493 e. The Balaban J connectivity index is 1.94. The highest BCUT2D eigenvalue weighted by atomic mass is 35.5. The molecule has 0 spiro atoms. The van der Waals surface area contributed by atoms with E-state index in [-0.39, 0.29) is 0 Å². The molecule has 0 saturated heterocycles. The van der Waals surface area contributed by atoms with Gasteiger partial charge in [-0.3, -0.25) is 0 Å². The van der Waals surface area contributed by atoms with Crippen LogP contribution in [0.2, 0.25) is 5.02 Å². The van der Waals surface area contributed by atoms with E-state index in [2.05, 4.69) is 6.07 Å². The average Bonchev–Trinajstić information content (AvgIpc) is 2.54. The van der Waals surface area contributed by atoms with E-state index >= 15 is 0 Å². The van der Waals surface area contributed by atoms with Gasteiger partial charge in [0.1, 0.15) is 25.0 Å².